The van der Waals surface area contributed by atoms with Gasteiger partial charge in [0.15, 0.2) is 0 Å². The fraction of sp³-hybridized carbons (Fsp3) is 0.600. The Morgan fingerprint density at radius 2 is 1.81 bits per heavy atom. The molecule has 2 fully saturated rings. The van der Waals surface area contributed by atoms with Crippen LogP contribution in [0, 0.1) is 11.8 Å². The Hall–Kier alpha value is -2.08. The van der Waals surface area contributed by atoms with Crippen LogP contribution in [-0.4, -0.2) is 56.0 Å². The van der Waals surface area contributed by atoms with Crippen LogP contribution < -0.4 is 16.0 Å². The zero-order chi connectivity index (χ0) is 18.4. The predicted octanol–water partition coefficient (Wildman–Crippen LogP) is 1.22. The van der Waals surface area contributed by atoms with Crippen molar-refractivity contribution in [1.29, 1.82) is 0 Å². The number of carbonyl (C=O) groups is 2. The van der Waals surface area contributed by atoms with Gasteiger partial charge in [-0.1, -0.05) is 24.6 Å². The topological polar surface area (TPSA) is 78.7 Å². The van der Waals surface area contributed by atoms with Gasteiger partial charge in [-0.05, 0) is 37.4 Å². The minimum Gasteiger partial charge on any atom is -0.368 e. The number of para-hydroxylation sites is 1. The summed E-state index contributed by atoms with van der Waals surface area (Å²) in [6.45, 7) is 4.16. The van der Waals surface area contributed by atoms with E-state index in [1.807, 2.05) is 23.1 Å². The second kappa shape index (κ2) is 9.03. The molecule has 142 valence electrons. The van der Waals surface area contributed by atoms with E-state index in [4.69, 9.17) is 5.73 Å². The highest BCUT2D eigenvalue weighted by atomic mass is 16.2. The highest BCUT2D eigenvalue weighted by Crippen LogP contribution is 2.30. The number of carbonyl (C=O) groups excluding carboxylic acids is 2. The van der Waals surface area contributed by atoms with Crippen molar-refractivity contribution in [3.05, 3.63) is 30.3 Å². The summed E-state index contributed by atoms with van der Waals surface area (Å²) in [7, 11) is 0. The first kappa shape index (κ1) is 18.7. The molecule has 26 heavy (non-hydrogen) atoms. The third-order valence-electron chi connectivity index (χ3n) is 5.69. The molecule has 6 nitrogen and oxygen atoms in total. The minimum atomic E-state index is 0.0320. The summed E-state index contributed by atoms with van der Waals surface area (Å²) in [5.41, 5.74) is 6.95. The second-order valence-electron chi connectivity index (χ2n) is 7.28. The van der Waals surface area contributed by atoms with Crippen molar-refractivity contribution in [2.24, 2.45) is 17.6 Å². The maximum absolute atomic E-state index is 12.4. The normalized spacial score (nSPS) is 23.1. The number of nitrogens with zero attached hydrogens (tertiary/aromatic N) is 2. The van der Waals surface area contributed by atoms with Crippen molar-refractivity contribution >= 4 is 17.5 Å². The van der Waals surface area contributed by atoms with Crippen molar-refractivity contribution in [3.8, 4) is 0 Å². The Morgan fingerprint density at radius 1 is 1.08 bits per heavy atom. The molecule has 2 amide bonds. The first-order valence-corrected chi connectivity index (χ1v) is 9.74. The first-order valence-electron chi connectivity index (χ1n) is 9.74. The molecular formula is C20H30N4O2. The number of anilines is 1. The molecule has 1 heterocycles. The van der Waals surface area contributed by atoms with E-state index in [1.165, 1.54) is 5.69 Å². The Morgan fingerprint density at radius 3 is 2.50 bits per heavy atom. The van der Waals surface area contributed by atoms with E-state index in [0.29, 0.717) is 25.4 Å². The molecule has 0 radical (unpaired) electrons. The van der Waals surface area contributed by atoms with Gasteiger partial charge in [0.2, 0.25) is 11.8 Å². The highest BCUT2D eigenvalue weighted by Gasteiger charge is 2.31. The summed E-state index contributed by atoms with van der Waals surface area (Å²) < 4.78 is 0. The molecule has 1 saturated heterocycles. The molecule has 0 aromatic heterocycles. The SMILES string of the molecule is NC[C@H]1CCC[C@H]1C(=O)NCCC(=O)N1CCN(c2ccccc2)CC1. The maximum atomic E-state index is 12.4. The minimum absolute atomic E-state index is 0.0320. The molecule has 0 spiro atoms. The fourth-order valence-electron chi connectivity index (χ4n) is 4.10. The number of nitrogens with two attached hydrogens (primary N) is 1. The zero-order valence-corrected chi connectivity index (χ0v) is 15.4. The van der Waals surface area contributed by atoms with Gasteiger partial charge in [0.25, 0.3) is 0 Å². The number of benzene rings is 1. The van der Waals surface area contributed by atoms with E-state index in [9.17, 15) is 9.59 Å². The predicted molar refractivity (Wildman–Crippen MR) is 103 cm³/mol. The molecule has 0 unspecified atom stereocenters. The van der Waals surface area contributed by atoms with E-state index in [0.717, 1.165) is 45.4 Å². The maximum Gasteiger partial charge on any atom is 0.224 e. The molecule has 1 aromatic carbocycles. The van der Waals surface area contributed by atoms with Crippen molar-refractivity contribution in [1.82, 2.24) is 10.2 Å². The van der Waals surface area contributed by atoms with Gasteiger partial charge < -0.3 is 20.9 Å². The number of hydrogen-bond donors (Lipinski definition) is 2. The molecule has 2 aliphatic rings. The summed E-state index contributed by atoms with van der Waals surface area (Å²) in [6, 6.07) is 10.3. The Kier molecular flexibility index (Phi) is 6.50. The molecule has 1 aromatic rings. The van der Waals surface area contributed by atoms with Crippen LogP contribution in [0.3, 0.4) is 0 Å². The van der Waals surface area contributed by atoms with Crippen LogP contribution in [0.4, 0.5) is 5.69 Å². The van der Waals surface area contributed by atoms with Gasteiger partial charge in [0.1, 0.15) is 0 Å². The smallest absolute Gasteiger partial charge is 0.224 e. The molecule has 3 rings (SSSR count). The first-order chi connectivity index (χ1) is 12.7. The van der Waals surface area contributed by atoms with Gasteiger partial charge in [0, 0.05) is 50.7 Å². The fourth-order valence-corrected chi connectivity index (χ4v) is 4.10. The van der Waals surface area contributed by atoms with E-state index in [2.05, 4.69) is 22.3 Å². The van der Waals surface area contributed by atoms with Crippen LogP contribution in [0.5, 0.6) is 0 Å². The summed E-state index contributed by atoms with van der Waals surface area (Å²) in [4.78, 5) is 28.9. The van der Waals surface area contributed by atoms with Crippen LogP contribution in [0.25, 0.3) is 0 Å². The van der Waals surface area contributed by atoms with Crippen LogP contribution >= 0.6 is 0 Å². The Balaban J connectivity index is 1.37. The molecule has 2 atom stereocenters. The van der Waals surface area contributed by atoms with Crippen LogP contribution in [-0.2, 0) is 9.59 Å². The number of amides is 2. The standard InChI is InChI=1S/C20H30N4O2/c21-15-16-5-4-8-18(16)20(26)22-10-9-19(25)24-13-11-23(12-14-24)17-6-2-1-3-7-17/h1-3,6-7,16,18H,4-5,8-15,21H2,(H,22,26)/t16-,18-/m1/s1. The molecule has 6 heteroatoms. The van der Waals surface area contributed by atoms with Crippen molar-refractivity contribution < 1.29 is 9.59 Å². The Bertz CT molecular complexity index is 599. The number of piperazine rings is 1. The number of hydrogen-bond acceptors (Lipinski definition) is 4. The van der Waals surface area contributed by atoms with Crippen molar-refractivity contribution in [2.45, 2.75) is 25.7 Å². The molecule has 3 N–H and O–H groups in total. The second-order valence-corrected chi connectivity index (χ2v) is 7.28. The molecule has 0 bridgehead atoms. The monoisotopic (exact) mass is 358 g/mol. The number of rotatable bonds is 6. The third-order valence-corrected chi connectivity index (χ3v) is 5.69. The summed E-state index contributed by atoms with van der Waals surface area (Å²) in [5, 5.41) is 2.94. The van der Waals surface area contributed by atoms with Crippen molar-refractivity contribution in [3.63, 3.8) is 0 Å². The van der Waals surface area contributed by atoms with E-state index in [1.54, 1.807) is 0 Å². The van der Waals surface area contributed by atoms with Gasteiger partial charge in [0.05, 0.1) is 0 Å². The van der Waals surface area contributed by atoms with Crippen LogP contribution in [0.2, 0.25) is 0 Å². The average Bonchev–Trinajstić information content (AvgIpc) is 3.17. The molecule has 1 aliphatic carbocycles. The number of nitrogens with one attached hydrogen (secondary N) is 1. The quantitative estimate of drug-likeness (QED) is 0.801. The van der Waals surface area contributed by atoms with E-state index >= 15 is 0 Å². The van der Waals surface area contributed by atoms with Gasteiger partial charge in [-0.3, -0.25) is 9.59 Å². The summed E-state index contributed by atoms with van der Waals surface area (Å²) >= 11 is 0. The molecule has 1 saturated carbocycles. The van der Waals surface area contributed by atoms with Crippen LogP contribution in [0.1, 0.15) is 25.7 Å². The van der Waals surface area contributed by atoms with E-state index in [-0.39, 0.29) is 17.7 Å². The third kappa shape index (κ3) is 4.55. The van der Waals surface area contributed by atoms with Gasteiger partial charge in [-0.2, -0.15) is 0 Å². The van der Waals surface area contributed by atoms with Gasteiger partial charge >= 0.3 is 0 Å². The lowest BCUT2D eigenvalue weighted by atomic mass is 9.95. The van der Waals surface area contributed by atoms with Crippen LogP contribution in [0.15, 0.2) is 30.3 Å². The molecular weight excluding hydrogens is 328 g/mol. The largest absolute Gasteiger partial charge is 0.368 e. The summed E-state index contributed by atoms with van der Waals surface area (Å²) in [6.07, 6.45) is 3.41. The van der Waals surface area contributed by atoms with Crippen molar-refractivity contribution in [2.75, 3.05) is 44.2 Å². The average molecular weight is 358 g/mol. The highest BCUT2D eigenvalue weighted by molar-refractivity contribution is 5.81. The lowest BCUT2D eigenvalue weighted by Gasteiger charge is -2.36. The van der Waals surface area contributed by atoms with Gasteiger partial charge in [-0.25, -0.2) is 0 Å². The summed E-state index contributed by atoms with van der Waals surface area (Å²) in [5.74, 6) is 0.528. The Labute approximate surface area is 155 Å². The molecule has 1 aliphatic heterocycles. The zero-order valence-electron chi connectivity index (χ0n) is 15.4. The van der Waals surface area contributed by atoms with E-state index < -0.39 is 0 Å². The van der Waals surface area contributed by atoms with Gasteiger partial charge in [-0.15, -0.1) is 0 Å². The lowest BCUT2D eigenvalue weighted by molar-refractivity contribution is -0.131. The lowest BCUT2D eigenvalue weighted by Crippen LogP contribution is -2.49.